The number of furan rings is 1. The number of carbonyl (C=O) groups is 1. The molecule has 1 aromatic heterocycles. The van der Waals surface area contributed by atoms with Crippen molar-refractivity contribution in [2.75, 3.05) is 13.6 Å². The molecule has 1 heterocycles. The van der Waals surface area contributed by atoms with Gasteiger partial charge in [-0.2, -0.15) is 0 Å². The number of aliphatic imine (C=N–C) groups is 1. The van der Waals surface area contributed by atoms with Gasteiger partial charge in [-0.15, -0.1) is 0 Å². The highest BCUT2D eigenvalue weighted by Crippen LogP contribution is 2.24. The molecule has 5 N–H and O–H groups in total. The topological polar surface area (TPSA) is 107 Å². The van der Waals surface area contributed by atoms with Crippen LogP contribution in [0, 0.1) is 11.6 Å². The van der Waals surface area contributed by atoms with E-state index in [1.807, 2.05) is 0 Å². The smallest absolute Gasteiger partial charge is 0.287 e. The summed E-state index contributed by atoms with van der Waals surface area (Å²) in [4.78, 5) is 16.6. The van der Waals surface area contributed by atoms with E-state index >= 15 is 0 Å². The number of hydrogen-bond acceptors (Lipinski definition) is 5. The van der Waals surface area contributed by atoms with Crippen LogP contribution in [0.5, 0.6) is 0 Å². The average Bonchev–Trinajstić information content (AvgIpc) is 3.06. The fourth-order valence-electron chi connectivity index (χ4n) is 2.63. The Labute approximate surface area is 166 Å². The largest absolute Gasteiger partial charge is 0.439 e. The lowest BCUT2D eigenvalue weighted by Crippen LogP contribution is -2.41. The molecular formula is C19H21ClF2N4O2. The van der Waals surface area contributed by atoms with Gasteiger partial charge in [0, 0.05) is 25.7 Å². The molecule has 2 rings (SSSR count). The van der Waals surface area contributed by atoms with Gasteiger partial charge in [0.15, 0.2) is 17.4 Å². The molecule has 1 aromatic carbocycles. The first-order chi connectivity index (χ1) is 13.3. The summed E-state index contributed by atoms with van der Waals surface area (Å²) in [5, 5.41) is 2.69. The summed E-state index contributed by atoms with van der Waals surface area (Å²) in [6, 6.07) is 4.46. The Kier molecular flexibility index (Phi) is 7.31. The fraction of sp³-hybridized carbons (Fsp3) is 0.263. The maximum Gasteiger partial charge on any atom is 0.287 e. The molecule has 28 heavy (non-hydrogen) atoms. The lowest BCUT2D eigenvalue weighted by atomic mass is 10.1. The summed E-state index contributed by atoms with van der Waals surface area (Å²) in [5.74, 6) is -2.48. The average molecular weight is 411 g/mol. The van der Waals surface area contributed by atoms with E-state index in [0.29, 0.717) is 22.4 Å². The number of benzene rings is 1. The molecule has 1 atom stereocenters. The van der Waals surface area contributed by atoms with Crippen LogP contribution in [0.25, 0.3) is 0 Å². The highest BCUT2D eigenvalue weighted by Gasteiger charge is 2.22. The second-order valence-electron chi connectivity index (χ2n) is 6.08. The van der Waals surface area contributed by atoms with Crippen molar-refractivity contribution >= 4 is 23.2 Å². The van der Waals surface area contributed by atoms with Gasteiger partial charge in [-0.1, -0.05) is 6.07 Å². The summed E-state index contributed by atoms with van der Waals surface area (Å²) in [6.07, 6.45) is 1.59. The van der Waals surface area contributed by atoms with Gasteiger partial charge in [-0.25, -0.2) is 8.78 Å². The third-order valence-electron chi connectivity index (χ3n) is 4.10. The molecule has 150 valence electrons. The van der Waals surface area contributed by atoms with Crippen molar-refractivity contribution in [1.29, 1.82) is 0 Å². The van der Waals surface area contributed by atoms with Crippen LogP contribution < -0.4 is 16.8 Å². The predicted molar refractivity (Wildman–Crippen MR) is 104 cm³/mol. The second kappa shape index (κ2) is 9.48. The van der Waals surface area contributed by atoms with Gasteiger partial charge in [-0.05, 0) is 54.4 Å². The van der Waals surface area contributed by atoms with E-state index in [2.05, 4.69) is 10.3 Å². The highest BCUT2D eigenvalue weighted by atomic mass is 35.5. The predicted octanol–water partition coefficient (Wildman–Crippen LogP) is 2.79. The van der Waals surface area contributed by atoms with E-state index in [-0.39, 0.29) is 23.9 Å². The molecule has 9 heteroatoms. The van der Waals surface area contributed by atoms with Crippen LogP contribution in [0.15, 0.2) is 45.4 Å². The first-order valence-corrected chi connectivity index (χ1v) is 8.78. The number of rotatable bonds is 7. The van der Waals surface area contributed by atoms with Crippen molar-refractivity contribution in [3.8, 4) is 0 Å². The number of amides is 1. The van der Waals surface area contributed by atoms with Crippen LogP contribution in [-0.4, -0.2) is 31.3 Å². The SMILES string of the molecule is CN=C(C(C)=CN)c1cc(C(=O)NC(CN)Cc2ccc(F)c(F)c2)oc1Cl. The molecule has 0 aliphatic rings. The van der Waals surface area contributed by atoms with E-state index in [1.54, 1.807) is 14.0 Å². The Bertz CT molecular complexity index is 925. The summed E-state index contributed by atoms with van der Waals surface area (Å²) >= 11 is 6.10. The van der Waals surface area contributed by atoms with Gasteiger partial charge in [0.2, 0.25) is 5.22 Å². The van der Waals surface area contributed by atoms with Crippen molar-refractivity contribution < 1.29 is 18.0 Å². The Morgan fingerprint density at radius 3 is 2.64 bits per heavy atom. The van der Waals surface area contributed by atoms with Crippen LogP contribution >= 0.6 is 11.6 Å². The zero-order chi connectivity index (χ0) is 20.8. The Hall–Kier alpha value is -2.71. The lowest BCUT2D eigenvalue weighted by molar-refractivity contribution is 0.0910. The van der Waals surface area contributed by atoms with Crippen LogP contribution in [0.2, 0.25) is 5.22 Å². The van der Waals surface area contributed by atoms with Crippen LogP contribution in [-0.2, 0) is 6.42 Å². The molecule has 0 spiro atoms. The van der Waals surface area contributed by atoms with Gasteiger partial charge >= 0.3 is 0 Å². The minimum Gasteiger partial charge on any atom is -0.439 e. The molecule has 1 unspecified atom stereocenters. The number of nitrogens with two attached hydrogens (primary N) is 2. The molecule has 0 aliphatic carbocycles. The zero-order valence-electron chi connectivity index (χ0n) is 15.4. The van der Waals surface area contributed by atoms with E-state index < -0.39 is 23.6 Å². The third-order valence-corrected chi connectivity index (χ3v) is 4.38. The van der Waals surface area contributed by atoms with E-state index in [0.717, 1.165) is 12.1 Å². The molecule has 0 saturated carbocycles. The molecule has 0 fully saturated rings. The van der Waals surface area contributed by atoms with Crippen LogP contribution in [0.4, 0.5) is 8.78 Å². The number of hydrogen-bond donors (Lipinski definition) is 3. The molecule has 2 aromatic rings. The van der Waals surface area contributed by atoms with Crippen LogP contribution in [0.3, 0.4) is 0 Å². The van der Waals surface area contributed by atoms with Crippen molar-refractivity contribution in [2.45, 2.75) is 19.4 Å². The molecular weight excluding hydrogens is 390 g/mol. The van der Waals surface area contributed by atoms with E-state index in [4.69, 9.17) is 27.5 Å². The number of halogens is 3. The molecule has 0 aliphatic heterocycles. The fourth-order valence-corrected chi connectivity index (χ4v) is 2.86. The molecule has 6 nitrogen and oxygen atoms in total. The standard InChI is InChI=1S/C19H21ClF2N4O2/c1-10(8-23)17(25-2)13-7-16(28-18(13)20)19(27)26-12(9-24)5-11-3-4-14(21)15(22)6-11/h3-4,6-8,12H,5,9,23-24H2,1-2H3,(H,26,27). The Balaban J connectivity index is 2.16. The summed E-state index contributed by atoms with van der Waals surface area (Å²) in [7, 11) is 1.57. The van der Waals surface area contributed by atoms with Gasteiger partial charge in [-0.3, -0.25) is 9.79 Å². The number of nitrogens with one attached hydrogen (secondary N) is 1. The molecule has 0 bridgehead atoms. The summed E-state index contributed by atoms with van der Waals surface area (Å²) in [5.41, 5.74) is 13.3. The monoisotopic (exact) mass is 410 g/mol. The maximum atomic E-state index is 13.4. The van der Waals surface area contributed by atoms with Gasteiger partial charge < -0.3 is 21.2 Å². The minimum absolute atomic E-state index is 0.00291. The zero-order valence-corrected chi connectivity index (χ0v) is 16.2. The number of nitrogens with zero attached hydrogens (tertiary/aromatic N) is 1. The quantitative estimate of drug-likeness (QED) is 0.610. The summed E-state index contributed by atoms with van der Waals surface area (Å²) in [6.45, 7) is 1.83. The van der Waals surface area contributed by atoms with E-state index in [9.17, 15) is 13.6 Å². The van der Waals surface area contributed by atoms with Gasteiger partial charge in [0.1, 0.15) is 0 Å². The first-order valence-electron chi connectivity index (χ1n) is 8.40. The van der Waals surface area contributed by atoms with Crippen LogP contribution in [0.1, 0.15) is 28.6 Å². The molecule has 1 amide bonds. The lowest BCUT2D eigenvalue weighted by Gasteiger charge is -2.16. The van der Waals surface area contributed by atoms with Crippen molar-refractivity contribution in [3.05, 3.63) is 69.8 Å². The van der Waals surface area contributed by atoms with Crippen molar-refractivity contribution in [1.82, 2.24) is 5.32 Å². The Morgan fingerprint density at radius 2 is 2.07 bits per heavy atom. The highest BCUT2D eigenvalue weighted by molar-refractivity contribution is 6.34. The van der Waals surface area contributed by atoms with Gasteiger partial charge in [0.05, 0.1) is 11.3 Å². The minimum atomic E-state index is -0.961. The molecule has 0 saturated heterocycles. The first kappa shape index (κ1) is 21.6. The normalized spacial score (nSPS) is 13.5. The van der Waals surface area contributed by atoms with Crippen molar-refractivity contribution in [3.63, 3.8) is 0 Å². The third kappa shape index (κ3) is 4.96. The summed E-state index contributed by atoms with van der Waals surface area (Å²) < 4.78 is 31.8. The van der Waals surface area contributed by atoms with Crippen molar-refractivity contribution in [2.24, 2.45) is 16.5 Å². The maximum absolute atomic E-state index is 13.4. The Morgan fingerprint density at radius 1 is 1.36 bits per heavy atom. The number of allylic oxidation sites excluding steroid dienone is 1. The van der Waals surface area contributed by atoms with Gasteiger partial charge in [0.25, 0.3) is 5.91 Å². The second-order valence-corrected chi connectivity index (χ2v) is 6.42. The van der Waals surface area contributed by atoms with E-state index in [1.165, 1.54) is 18.3 Å². The molecule has 0 radical (unpaired) electrons. The number of carbonyl (C=O) groups excluding carboxylic acids is 1.